The first-order chi connectivity index (χ1) is 11.9. The van der Waals surface area contributed by atoms with E-state index in [9.17, 15) is 18.9 Å². The third kappa shape index (κ3) is 9.31. The van der Waals surface area contributed by atoms with E-state index in [-0.39, 0.29) is 24.3 Å². The fraction of sp³-hybridized carbons (Fsp3) is 0.750. The van der Waals surface area contributed by atoms with Crippen LogP contribution in [-0.2, 0) is 18.9 Å². The maximum Gasteiger partial charge on any atom is 0.331 e. The van der Waals surface area contributed by atoms with Gasteiger partial charge in [-0.1, -0.05) is 40.5 Å². The standard InChI is InChI=1S/C16H31N3O6P/c1-6-10(3)13(15(21)17-8-9-26(23,24)25)19-16(22)14(11(4)7-2)18-12(5)20/h9-11,13-14H,6-8H2,1-5H3,(H,17,21)(H,18,20)(H,19,22)(H2,23,24,25)/t10-,11-,13-,14-/m0/s1. The maximum absolute atomic E-state index is 12.6. The zero-order chi connectivity index (χ0) is 20.5. The third-order valence-electron chi connectivity index (χ3n) is 4.25. The molecule has 10 heteroatoms. The van der Waals surface area contributed by atoms with E-state index in [0.717, 1.165) is 0 Å². The van der Waals surface area contributed by atoms with Gasteiger partial charge in [-0.25, -0.2) is 0 Å². The van der Waals surface area contributed by atoms with E-state index in [1.807, 2.05) is 20.8 Å². The quantitative estimate of drug-likeness (QED) is 0.324. The first-order valence-electron chi connectivity index (χ1n) is 8.67. The molecule has 0 bridgehead atoms. The van der Waals surface area contributed by atoms with Crippen LogP contribution < -0.4 is 16.0 Å². The Morgan fingerprint density at radius 1 is 0.962 bits per heavy atom. The molecule has 0 unspecified atom stereocenters. The van der Waals surface area contributed by atoms with Gasteiger partial charge in [-0.05, 0) is 11.8 Å². The van der Waals surface area contributed by atoms with Crippen molar-refractivity contribution in [3.63, 3.8) is 0 Å². The summed E-state index contributed by atoms with van der Waals surface area (Å²) < 4.78 is 10.8. The van der Waals surface area contributed by atoms with Crippen LogP contribution in [0.3, 0.4) is 0 Å². The van der Waals surface area contributed by atoms with Gasteiger partial charge in [0.1, 0.15) is 12.1 Å². The van der Waals surface area contributed by atoms with E-state index in [4.69, 9.17) is 9.79 Å². The Bertz CT molecular complexity index is 536. The molecule has 0 fully saturated rings. The van der Waals surface area contributed by atoms with E-state index in [0.29, 0.717) is 19.0 Å². The molecule has 4 atom stereocenters. The molecule has 0 aromatic heterocycles. The van der Waals surface area contributed by atoms with Crippen molar-refractivity contribution >= 4 is 25.3 Å². The molecule has 151 valence electrons. The van der Waals surface area contributed by atoms with Crippen LogP contribution in [0.25, 0.3) is 0 Å². The molecule has 0 aliphatic heterocycles. The van der Waals surface area contributed by atoms with Crippen molar-refractivity contribution in [3.8, 4) is 0 Å². The summed E-state index contributed by atoms with van der Waals surface area (Å²) >= 11 is 0. The topological polar surface area (TPSA) is 145 Å². The molecule has 26 heavy (non-hydrogen) atoms. The van der Waals surface area contributed by atoms with Crippen molar-refractivity contribution in [1.82, 2.24) is 16.0 Å². The summed E-state index contributed by atoms with van der Waals surface area (Å²) in [5.41, 5.74) is 0. The van der Waals surface area contributed by atoms with Gasteiger partial charge in [0.15, 0.2) is 0 Å². The first kappa shape index (κ1) is 24.6. The van der Waals surface area contributed by atoms with Gasteiger partial charge in [0.2, 0.25) is 17.7 Å². The van der Waals surface area contributed by atoms with Gasteiger partial charge >= 0.3 is 7.60 Å². The van der Waals surface area contributed by atoms with Crippen molar-refractivity contribution in [1.29, 1.82) is 0 Å². The summed E-state index contributed by atoms with van der Waals surface area (Å²) in [7, 11) is -4.33. The second-order valence-corrected chi connectivity index (χ2v) is 8.00. The number of carbonyl (C=O) groups excluding carboxylic acids is 3. The molecule has 9 nitrogen and oxygen atoms in total. The van der Waals surface area contributed by atoms with Gasteiger partial charge in [-0.3, -0.25) is 18.9 Å². The summed E-state index contributed by atoms with van der Waals surface area (Å²) in [6, 6.07) is -1.64. The molecule has 0 aromatic carbocycles. The highest BCUT2D eigenvalue weighted by molar-refractivity contribution is 7.54. The summed E-state index contributed by atoms with van der Waals surface area (Å²) in [4.78, 5) is 54.0. The lowest BCUT2D eigenvalue weighted by atomic mass is 9.95. The number of rotatable bonds is 11. The smallest absolute Gasteiger partial charge is 0.331 e. The Morgan fingerprint density at radius 3 is 1.81 bits per heavy atom. The van der Waals surface area contributed by atoms with Crippen molar-refractivity contribution in [2.45, 2.75) is 59.5 Å². The van der Waals surface area contributed by atoms with E-state index in [2.05, 4.69) is 16.0 Å². The molecule has 0 aromatic rings. The average molecular weight is 392 g/mol. The summed E-state index contributed by atoms with van der Waals surface area (Å²) in [6.07, 6.45) is 1.96. The van der Waals surface area contributed by atoms with Gasteiger partial charge in [0, 0.05) is 13.5 Å². The van der Waals surface area contributed by atoms with Crippen LogP contribution in [-0.4, -0.2) is 46.1 Å². The molecule has 0 aliphatic carbocycles. The Balaban J connectivity index is 5.11. The number of carbonyl (C=O) groups is 3. The first-order valence-corrected chi connectivity index (χ1v) is 10.4. The van der Waals surface area contributed by atoms with Crippen LogP contribution in [0.5, 0.6) is 0 Å². The SMILES string of the molecule is CC[C@H](C)[C@H](NC(C)=O)C(=O)N[C@H](C(=O)NC[CH]P(=O)(O)O)[C@@H](C)CC. The predicted octanol–water partition coefficient (Wildman–Crippen LogP) is 0.524. The van der Waals surface area contributed by atoms with Gasteiger partial charge in [-0.15, -0.1) is 0 Å². The number of hydrogen-bond acceptors (Lipinski definition) is 4. The van der Waals surface area contributed by atoms with Crippen LogP contribution >= 0.6 is 7.60 Å². The largest absolute Gasteiger partial charge is 0.353 e. The monoisotopic (exact) mass is 392 g/mol. The summed E-state index contributed by atoms with van der Waals surface area (Å²) in [5, 5.41) is 7.66. The lowest BCUT2D eigenvalue weighted by Gasteiger charge is -2.28. The van der Waals surface area contributed by atoms with Gasteiger partial charge in [0.05, 0.1) is 6.16 Å². The average Bonchev–Trinajstić information content (AvgIpc) is 2.54. The highest BCUT2D eigenvalue weighted by Crippen LogP contribution is 2.37. The maximum atomic E-state index is 12.6. The summed E-state index contributed by atoms with van der Waals surface area (Å²) in [6.45, 7) is 8.37. The van der Waals surface area contributed by atoms with Gasteiger partial charge in [0.25, 0.3) is 0 Å². The van der Waals surface area contributed by atoms with E-state index in [1.165, 1.54) is 6.92 Å². The van der Waals surface area contributed by atoms with Crippen LogP contribution in [0.1, 0.15) is 47.5 Å². The molecule has 0 saturated heterocycles. The fourth-order valence-electron chi connectivity index (χ4n) is 2.24. The fourth-order valence-corrected chi connectivity index (χ4v) is 2.57. The van der Waals surface area contributed by atoms with Crippen molar-refractivity contribution in [3.05, 3.63) is 6.16 Å². The predicted molar refractivity (Wildman–Crippen MR) is 97.8 cm³/mol. The summed E-state index contributed by atoms with van der Waals surface area (Å²) in [5.74, 6) is -1.67. The second kappa shape index (κ2) is 11.3. The lowest BCUT2D eigenvalue weighted by molar-refractivity contribution is -0.133. The molecule has 0 spiro atoms. The Kier molecular flexibility index (Phi) is 10.7. The normalized spacial score (nSPS) is 16.1. The molecular weight excluding hydrogens is 361 g/mol. The molecule has 5 N–H and O–H groups in total. The van der Waals surface area contributed by atoms with E-state index < -0.39 is 31.5 Å². The third-order valence-corrected chi connectivity index (χ3v) is 4.91. The van der Waals surface area contributed by atoms with E-state index in [1.54, 1.807) is 6.92 Å². The lowest BCUT2D eigenvalue weighted by Crippen LogP contribution is -2.57. The molecule has 1 radical (unpaired) electrons. The molecule has 0 aliphatic rings. The van der Waals surface area contributed by atoms with Crippen LogP contribution in [0.2, 0.25) is 0 Å². The van der Waals surface area contributed by atoms with Gasteiger partial charge < -0.3 is 25.7 Å². The van der Waals surface area contributed by atoms with Gasteiger partial charge in [-0.2, -0.15) is 0 Å². The number of hydrogen-bond donors (Lipinski definition) is 5. The highest BCUT2D eigenvalue weighted by Gasteiger charge is 2.31. The minimum Gasteiger partial charge on any atom is -0.353 e. The van der Waals surface area contributed by atoms with Crippen LogP contribution in [0, 0.1) is 18.0 Å². The molecule has 0 heterocycles. The number of amides is 3. The van der Waals surface area contributed by atoms with Crippen molar-refractivity contribution in [2.24, 2.45) is 11.8 Å². The zero-order valence-electron chi connectivity index (χ0n) is 16.0. The Hall–Kier alpha value is -1.44. The minimum absolute atomic E-state index is 0.123. The number of nitrogens with one attached hydrogen (secondary N) is 3. The molecule has 3 amide bonds. The minimum atomic E-state index is -4.33. The van der Waals surface area contributed by atoms with Crippen molar-refractivity contribution in [2.75, 3.05) is 6.54 Å². The Labute approximate surface area is 154 Å². The highest BCUT2D eigenvalue weighted by atomic mass is 31.2. The second-order valence-electron chi connectivity index (χ2n) is 6.45. The zero-order valence-corrected chi connectivity index (χ0v) is 16.9. The van der Waals surface area contributed by atoms with Crippen LogP contribution in [0.4, 0.5) is 0 Å². The molecular formula is C16H31N3O6P. The van der Waals surface area contributed by atoms with E-state index >= 15 is 0 Å². The Morgan fingerprint density at radius 2 is 1.42 bits per heavy atom. The van der Waals surface area contributed by atoms with Crippen LogP contribution in [0.15, 0.2) is 0 Å². The molecule has 0 saturated carbocycles. The van der Waals surface area contributed by atoms with Crippen molar-refractivity contribution < 1.29 is 28.7 Å². The molecule has 0 rings (SSSR count).